The van der Waals surface area contributed by atoms with E-state index in [0.29, 0.717) is 153 Å². The number of ether oxygens (including phenoxy) is 2. The number of aliphatic carboxylic acids is 4. The molecule has 16 rings (SSSR count). The topological polar surface area (TPSA) is 478 Å². The summed E-state index contributed by atoms with van der Waals surface area (Å²) in [6.07, 6.45) is -19.0. The third-order valence-corrected chi connectivity index (χ3v) is 22.6. The monoisotopic (exact) mass is 2060 g/mol. The molecule has 14 heterocycles. The predicted molar refractivity (Wildman–Crippen MR) is 517 cm³/mol. The van der Waals surface area contributed by atoms with Crippen LogP contribution in [-0.2, 0) is 101 Å². The maximum atomic E-state index is 13.4. The van der Waals surface area contributed by atoms with Gasteiger partial charge in [0, 0.05) is 179 Å². The third kappa shape index (κ3) is 30.5. The van der Waals surface area contributed by atoms with Crippen molar-refractivity contribution in [3.63, 3.8) is 0 Å². The van der Waals surface area contributed by atoms with Crippen molar-refractivity contribution in [1.82, 2.24) is 97.7 Å². The van der Waals surface area contributed by atoms with Gasteiger partial charge in [-0.3, -0.25) is 60.5 Å². The summed E-state index contributed by atoms with van der Waals surface area (Å²) in [4.78, 5) is 154. The van der Waals surface area contributed by atoms with Crippen LogP contribution in [0.15, 0.2) is 79.8 Å². The third-order valence-electron chi connectivity index (χ3n) is 22.6. The van der Waals surface area contributed by atoms with E-state index >= 15 is 0 Å². The number of nitrogens with one attached hydrogen (secondary N) is 5. The molecule has 0 spiro atoms. The lowest BCUT2D eigenvalue weighted by molar-refractivity contribution is -0.193. The van der Waals surface area contributed by atoms with Gasteiger partial charge in [0.25, 0.3) is 22.2 Å². The van der Waals surface area contributed by atoms with Gasteiger partial charge in [0.15, 0.2) is 44.7 Å². The summed E-state index contributed by atoms with van der Waals surface area (Å²) >= 11 is 0. The number of benzene rings is 2. The fraction of sp³-hybridized carbons (Fsp3) is 0.505. The van der Waals surface area contributed by atoms with Crippen molar-refractivity contribution in [2.75, 3.05) is 197 Å². The fourth-order valence-corrected chi connectivity index (χ4v) is 15.3. The van der Waals surface area contributed by atoms with Crippen molar-refractivity contribution in [2.24, 2.45) is 34.1 Å². The van der Waals surface area contributed by atoms with Crippen LogP contribution in [0.5, 0.6) is 0 Å². The molecule has 43 nitrogen and oxygen atoms in total. The van der Waals surface area contributed by atoms with Gasteiger partial charge in [-0.05, 0) is 58.6 Å². The maximum absolute atomic E-state index is 13.4. The highest BCUT2D eigenvalue weighted by Gasteiger charge is 2.42. The van der Waals surface area contributed by atoms with Crippen molar-refractivity contribution in [3.8, 4) is 47.4 Å². The number of nitrogens with zero attached hydrogens (tertiary/aromatic N) is 23. The van der Waals surface area contributed by atoms with Crippen LogP contribution in [0.2, 0.25) is 0 Å². The van der Waals surface area contributed by atoms with E-state index < -0.39 is 48.6 Å². The number of halogens is 12. The van der Waals surface area contributed by atoms with Crippen molar-refractivity contribution < 1.29 is 107 Å². The molecular weight excluding hydrogens is 1950 g/mol. The van der Waals surface area contributed by atoms with Crippen molar-refractivity contribution >= 4 is 122 Å². The smallest absolute Gasteiger partial charge is 0.475 e. The number of carbonyl (C=O) groups is 5. The largest absolute Gasteiger partial charge is 0.490 e. The number of anilines is 8. The minimum atomic E-state index is -5.08. The number of esters is 1. The number of fused-ring (bicyclic) bond motifs is 4. The van der Waals surface area contributed by atoms with E-state index in [1.165, 1.54) is 0 Å². The van der Waals surface area contributed by atoms with Gasteiger partial charge in [-0.1, -0.05) is 84.3 Å². The molecule has 0 atom stereocenters. The number of piperidine rings is 1. The molecule has 0 amide bonds. The van der Waals surface area contributed by atoms with Gasteiger partial charge in [-0.25, -0.2) is 19.2 Å². The molecule has 146 heavy (non-hydrogen) atoms. The van der Waals surface area contributed by atoms with Crippen LogP contribution in [0.4, 0.5) is 100 Å². The first-order chi connectivity index (χ1) is 69.3. The van der Waals surface area contributed by atoms with E-state index in [-0.39, 0.29) is 34.1 Å². The number of carboxylic acids is 4. The zero-order valence-electron chi connectivity index (χ0n) is 81.4. The molecule has 0 aliphatic carbocycles. The number of aromatic nitrogens is 16. The quantitative estimate of drug-likeness (QED) is 0.0321. The van der Waals surface area contributed by atoms with Crippen molar-refractivity contribution in [1.29, 1.82) is 0 Å². The summed E-state index contributed by atoms with van der Waals surface area (Å²) in [7, 11) is 8.95. The number of imidazole rings is 4. The summed E-state index contributed by atoms with van der Waals surface area (Å²) in [5.41, 5.74) is 5.67. The summed E-state index contributed by atoms with van der Waals surface area (Å²) in [5.74, 6) is 18.1. The van der Waals surface area contributed by atoms with E-state index in [1.807, 2.05) is 85.7 Å². The lowest BCUT2D eigenvalue weighted by Gasteiger charge is -2.32. The summed E-state index contributed by atoms with van der Waals surface area (Å²) in [6, 6.07) is 20.2. The van der Waals surface area contributed by atoms with Gasteiger partial charge in [-0.15, -0.1) is 23.7 Å². The van der Waals surface area contributed by atoms with Crippen molar-refractivity contribution in [3.05, 3.63) is 113 Å². The van der Waals surface area contributed by atoms with Crippen LogP contribution in [0, 0.1) is 53.3 Å². The summed E-state index contributed by atoms with van der Waals surface area (Å²) in [6.45, 7) is 30.1. The van der Waals surface area contributed by atoms with Gasteiger partial charge in [0.2, 0.25) is 47.6 Å². The van der Waals surface area contributed by atoms with Crippen LogP contribution in [0.3, 0.4) is 0 Å². The number of alkyl halides is 12. The van der Waals surface area contributed by atoms with Gasteiger partial charge in [0.1, 0.15) is 0 Å². The number of hydrogen-bond acceptors (Lipinski definition) is 31. The van der Waals surface area contributed by atoms with E-state index in [1.54, 1.807) is 74.2 Å². The lowest BCUT2D eigenvalue weighted by atomic mass is 9.97. The van der Waals surface area contributed by atoms with Crippen LogP contribution in [0.1, 0.15) is 58.6 Å². The SMILES string of the molecule is CC#CCn1c(N2CCNCC2)nc2nc(N(C)Cc3ccccc3)n(C)c(=O)c21.CC#CCn1c(N2CCNCC2)nc2nc(N3CCC(C(=O)OCC)CC3)n(C)c(=O)c21.CC#CCn1c(N2CCNCC2)nc2nc(N3CCOCC3)n(C)c(=O)c21.CC#CCn1c(N2CCNCC2)nc2nc(NCc3ccccc3)n(C)c(=O)c21.O=C(O)C(F)(F)F.O=C(O)C(F)(F)F.O=C(O)C(F)(F)F.O=C(O)C(F)(F)F. The normalized spacial score (nSPS) is 14.9. The van der Waals surface area contributed by atoms with E-state index in [9.17, 15) is 76.7 Å². The Morgan fingerprint density at radius 1 is 0.404 bits per heavy atom. The number of hydrogen-bond donors (Lipinski definition) is 9. The summed E-state index contributed by atoms with van der Waals surface area (Å²) < 4.78 is 151. The van der Waals surface area contributed by atoms with Crippen LogP contribution < -0.4 is 83.1 Å². The van der Waals surface area contributed by atoms with Crippen molar-refractivity contribution in [2.45, 2.75) is 111 Å². The highest BCUT2D eigenvalue weighted by molar-refractivity contribution is 5.80. The first-order valence-electron chi connectivity index (χ1n) is 45.6. The Labute approximate surface area is 826 Å². The lowest BCUT2D eigenvalue weighted by Crippen LogP contribution is -2.44. The zero-order valence-corrected chi connectivity index (χ0v) is 81.4. The predicted octanol–water partition coefficient (Wildman–Crippen LogP) is 4.65. The molecule has 790 valence electrons. The van der Waals surface area contributed by atoms with Gasteiger partial charge in [-0.2, -0.15) is 92.6 Å². The molecule has 6 aliphatic rings. The fourth-order valence-electron chi connectivity index (χ4n) is 15.3. The molecule has 8 aromatic heterocycles. The molecule has 10 aromatic rings. The number of carbonyl (C=O) groups excluding carboxylic acids is 1. The molecule has 0 radical (unpaired) electrons. The molecule has 0 unspecified atom stereocenters. The average molecular weight is 2070 g/mol. The highest BCUT2D eigenvalue weighted by Crippen LogP contribution is 2.30. The van der Waals surface area contributed by atoms with Gasteiger partial charge < -0.3 is 90.8 Å². The van der Waals surface area contributed by atoms with E-state index in [0.717, 1.165) is 153 Å². The molecule has 6 aliphatic heterocycles. The Kier molecular flexibility index (Phi) is 41.4. The second kappa shape index (κ2) is 52.9. The van der Waals surface area contributed by atoms with Crippen LogP contribution in [-0.4, -0.2) is 309 Å². The van der Waals surface area contributed by atoms with E-state index in [2.05, 4.69) is 120 Å². The summed E-state index contributed by atoms with van der Waals surface area (Å²) in [5, 5.41) is 45.2. The number of carboxylic acid groups (broad SMARTS) is 4. The molecular formula is C91H112F12N28O15. The Bertz CT molecular complexity index is 6600. The number of rotatable bonds is 18. The van der Waals surface area contributed by atoms with Gasteiger partial charge >= 0.3 is 54.6 Å². The van der Waals surface area contributed by atoms with Gasteiger partial charge in [0.05, 0.1) is 51.9 Å². The minimum absolute atomic E-state index is 0.0896. The zero-order chi connectivity index (χ0) is 107. The Hall–Kier alpha value is -15.2. The number of piperazine rings is 4. The average Bonchev–Trinajstić information content (AvgIpc) is 1.61. The Balaban J connectivity index is 0.000000199. The molecule has 55 heteroatoms. The highest BCUT2D eigenvalue weighted by atomic mass is 19.4. The Morgan fingerprint density at radius 3 is 0.986 bits per heavy atom. The number of morpholine rings is 1. The van der Waals surface area contributed by atoms with E-state index in [4.69, 9.17) is 84.0 Å². The molecule has 2 aromatic carbocycles. The second-order valence-electron chi connectivity index (χ2n) is 32.5. The standard InChI is InChI=1S/C22H31N7O3.C22H27N7O.C21H25N7O.C18H25N7O2.4C2HF3O2/c1-4-6-11-29-17-18(25-22(29)28-14-9-23-10-15-28)24-21(26(3)19(17)30)27-12-7-16(8-13-27)20(31)32-5-2;1-4-5-13-29-18-19(25-22(29)28-14-11-23-12-15-28)24-21(27(3)20(18)30)26(2)16-17-9-7-6-8-10-17;1-3-4-12-28-17-18(25-21(28)27-13-10-22-11-14-27)24-20(26(2)19(17)29)23-15-16-8-6-5-7-9-16;1-3-4-7-25-14-15(21-18(25)23-8-5-19-6-9-23)20-17(22(2)16(14)26)24-10-12-27-13-11-24;4*3-2(4,5)1(6)7/h16,23H,5,7-15H2,1-3H3;6-10,23H,11-16H2,1-3H3;5-9,22H,10-15H2,1-2H3,(H,23,24);19H,5-13H2,1-2H3;4*(H,6,7). The molecule has 9 N–H and O–H groups in total. The molecule has 6 saturated heterocycles. The first-order valence-corrected chi connectivity index (χ1v) is 45.6. The molecule has 6 fully saturated rings. The maximum Gasteiger partial charge on any atom is 0.490 e. The molecule has 0 saturated carbocycles. The molecule has 0 bridgehead atoms. The van der Waals surface area contributed by atoms with Crippen LogP contribution in [0.25, 0.3) is 44.7 Å². The second-order valence-corrected chi connectivity index (χ2v) is 32.5. The minimum Gasteiger partial charge on any atom is -0.475 e. The Morgan fingerprint density at radius 2 is 0.678 bits per heavy atom. The van der Waals surface area contributed by atoms with Crippen LogP contribution >= 0.6 is 0 Å². The first kappa shape index (κ1) is 114.